The van der Waals surface area contributed by atoms with E-state index in [2.05, 4.69) is 16.8 Å². The van der Waals surface area contributed by atoms with Gasteiger partial charge in [0, 0.05) is 39.8 Å². The largest absolute Gasteiger partial charge is 0.493 e. The van der Waals surface area contributed by atoms with Gasteiger partial charge in [0.25, 0.3) is 5.56 Å². The molecular weight excluding hydrogens is 658 g/mol. The fourth-order valence-electron chi connectivity index (χ4n) is 6.27. The van der Waals surface area contributed by atoms with E-state index in [0.29, 0.717) is 43.7 Å². The number of esters is 1. The lowest BCUT2D eigenvalue weighted by Gasteiger charge is -2.26. The quantitative estimate of drug-likeness (QED) is 0.160. The molecule has 0 fully saturated rings. The minimum atomic E-state index is -0.850. The molecule has 1 aliphatic rings. The lowest BCUT2D eigenvalue weighted by molar-refractivity contribution is -0.138. The van der Waals surface area contributed by atoms with E-state index < -0.39 is 12.0 Å². The van der Waals surface area contributed by atoms with Gasteiger partial charge in [-0.05, 0) is 54.5 Å². The summed E-state index contributed by atoms with van der Waals surface area (Å²) in [5.74, 6) is 0.442. The molecule has 0 unspecified atom stereocenters. The van der Waals surface area contributed by atoms with Gasteiger partial charge in [0.2, 0.25) is 0 Å². The summed E-state index contributed by atoms with van der Waals surface area (Å²) in [6.45, 7) is 2.52. The third-order valence-electron chi connectivity index (χ3n) is 8.44. The van der Waals surface area contributed by atoms with E-state index in [1.54, 1.807) is 37.8 Å². The van der Waals surface area contributed by atoms with Crippen molar-refractivity contribution < 1.29 is 19.0 Å². The maximum atomic E-state index is 14.5. The highest BCUT2D eigenvalue weighted by molar-refractivity contribution is 7.07. The van der Waals surface area contributed by atoms with E-state index in [9.17, 15) is 9.59 Å². The predicted molar refractivity (Wildman–Crippen MR) is 193 cm³/mol. The lowest BCUT2D eigenvalue weighted by Crippen LogP contribution is -2.40. The molecular formula is C39H32ClN3O5S. The van der Waals surface area contributed by atoms with E-state index in [1.807, 2.05) is 84.9 Å². The van der Waals surface area contributed by atoms with E-state index in [1.165, 1.54) is 11.3 Å². The summed E-state index contributed by atoms with van der Waals surface area (Å²) in [6, 6.07) is 29.9. The first-order valence-corrected chi connectivity index (χ1v) is 16.9. The van der Waals surface area contributed by atoms with Gasteiger partial charge in [0.1, 0.15) is 0 Å². The molecule has 10 heteroatoms. The molecule has 0 saturated carbocycles. The number of para-hydroxylation sites is 1. The Labute approximate surface area is 291 Å². The number of thiazole rings is 1. The van der Waals surface area contributed by atoms with Crippen LogP contribution in [0.3, 0.4) is 0 Å². The Morgan fingerprint density at radius 1 is 0.939 bits per heavy atom. The van der Waals surface area contributed by atoms with Crippen molar-refractivity contribution in [3.05, 3.63) is 156 Å². The molecule has 0 amide bonds. The molecule has 0 saturated heterocycles. The van der Waals surface area contributed by atoms with Crippen molar-refractivity contribution in [2.24, 2.45) is 4.99 Å². The molecule has 1 atom stereocenters. The van der Waals surface area contributed by atoms with Crippen LogP contribution < -0.4 is 24.4 Å². The number of benzene rings is 4. The van der Waals surface area contributed by atoms with Crippen LogP contribution in [-0.2, 0) is 16.1 Å². The van der Waals surface area contributed by atoms with Gasteiger partial charge in [-0.3, -0.25) is 9.36 Å². The van der Waals surface area contributed by atoms with Gasteiger partial charge in [0.15, 0.2) is 16.3 Å². The Morgan fingerprint density at radius 3 is 2.47 bits per heavy atom. The number of halogens is 1. The normalized spacial score (nSPS) is 14.4. The monoisotopic (exact) mass is 689 g/mol. The van der Waals surface area contributed by atoms with Gasteiger partial charge in [0.05, 0.1) is 42.7 Å². The Kier molecular flexibility index (Phi) is 8.95. The number of rotatable bonds is 9. The van der Waals surface area contributed by atoms with Crippen molar-refractivity contribution in [1.82, 2.24) is 9.13 Å². The number of ether oxygens (including phenoxy) is 3. The molecule has 3 heterocycles. The van der Waals surface area contributed by atoms with E-state index >= 15 is 0 Å². The van der Waals surface area contributed by atoms with Crippen LogP contribution in [0.1, 0.15) is 35.2 Å². The molecule has 49 heavy (non-hydrogen) atoms. The molecule has 0 bridgehead atoms. The molecule has 1 aliphatic heterocycles. The van der Waals surface area contributed by atoms with E-state index in [-0.39, 0.29) is 17.7 Å². The van der Waals surface area contributed by atoms with Crippen molar-refractivity contribution in [2.75, 3.05) is 20.8 Å². The van der Waals surface area contributed by atoms with Crippen molar-refractivity contribution in [3.63, 3.8) is 0 Å². The number of hydrogen-bond acceptors (Lipinski definition) is 7. The van der Waals surface area contributed by atoms with Crippen molar-refractivity contribution in [3.8, 4) is 11.5 Å². The fraction of sp³-hybridized carbons (Fsp3) is 0.154. The summed E-state index contributed by atoms with van der Waals surface area (Å²) in [5, 5.41) is 1.68. The van der Waals surface area contributed by atoms with E-state index in [4.69, 9.17) is 30.8 Å². The lowest BCUT2D eigenvalue weighted by atomic mass is 9.93. The fourth-order valence-corrected chi connectivity index (χ4v) is 7.48. The molecule has 4 aromatic carbocycles. The molecule has 0 N–H and O–H groups in total. The Morgan fingerprint density at radius 2 is 1.71 bits per heavy atom. The number of hydrogen-bond donors (Lipinski definition) is 0. The zero-order valence-electron chi connectivity index (χ0n) is 27.1. The summed E-state index contributed by atoms with van der Waals surface area (Å²) in [7, 11) is 3.11. The molecule has 8 nitrogen and oxygen atoms in total. The second-order valence-corrected chi connectivity index (χ2v) is 12.9. The summed E-state index contributed by atoms with van der Waals surface area (Å²) in [6.07, 6.45) is 3.96. The van der Waals surface area contributed by atoms with Gasteiger partial charge < -0.3 is 18.8 Å². The first-order chi connectivity index (χ1) is 23.9. The number of aromatic nitrogens is 2. The van der Waals surface area contributed by atoms with Crippen molar-refractivity contribution in [2.45, 2.75) is 19.5 Å². The number of nitrogens with zero attached hydrogens (tertiary/aromatic N) is 3. The van der Waals surface area contributed by atoms with Crippen LogP contribution in [0, 0.1) is 0 Å². The second-order valence-electron chi connectivity index (χ2n) is 11.4. The SMILES string of the molecule is CCOC(=O)C1=C(c2ccccc2)N=c2s/c(=C\c3cn(Cc4cccc(Cl)c4)c4ccccc34)c(=O)n2[C@@H]1c1ccc(OC)c(OC)c1. The minimum Gasteiger partial charge on any atom is -0.493 e. The van der Waals surface area contributed by atoms with Crippen LogP contribution in [0.4, 0.5) is 0 Å². The highest BCUT2D eigenvalue weighted by atomic mass is 35.5. The van der Waals surface area contributed by atoms with Crippen LogP contribution in [0.5, 0.6) is 11.5 Å². The van der Waals surface area contributed by atoms with Crippen LogP contribution in [0.2, 0.25) is 5.02 Å². The smallest absolute Gasteiger partial charge is 0.338 e. The topological polar surface area (TPSA) is 84.1 Å². The highest BCUT2D eigenvalue weighted by Gasteiger charge is 2.35. The summed E-state index contributed by atoms with van der Waals surface area (Å²) >= 11 is 7.57. The maximum absolute atomic E-state index is 14.5. The standard InChI is InChI=1S/C39H32ClN3O5S/c1-4-48-38(45)34-35(25-12-6-5-7-13-25)41-39-43(36(34)26-17-18-31(46-2)32(20-26)47-3)37(44)33(49-39)21-27-23-42(30-16-9-8-15-29(27)30)22-24-11-10-14-28(40)19-24/h5-21,23,36H,4,22H2,1-3H3/b33-21-/t36-/m1/s1. The van der Waals surface area contributed by atoms with Crippen LogP contribution in [-0.4, -0.2) is 35.9 Å². The predicted octanol–water partition coefficient (Wildman–Crippen LogP) is 6.61. The molecule has 2 aromatic heterocycles. The summed E-state index contributed by atoms with van der Waals surface area (Å²) in [5.41, 5.74) is 4.80. The molecule has 6 aromatic rings. The zero-order valence-corrected chi connectivity index (χ0v) is 28.6. The molecule has 0 radical (unpaired) electrons. The van der Waals surface area contributed by atoms with Crippen LogP contribution in [0.25, 0.3) is 22.7 Å². The van der Waals surface area contributed by atoms with Crippen LogP contribution >= 0.6 is 22.9 Å². The van der Waals surface area contributed by atoms with Gasteiger partial charge in [-0.1, -0.05) is 89.7 Å². The van der Waals surface area contributed by atoms with E-state index in [0.717, 1.165) is 27.6 Å². The Hall–Kier alpha value is -5.38. The zero-order chi connectivity index (χ0) is 34.1. The average Bonchev–Trinajstić information content (AvgIpc) is 3.63. The highest BCUT2D eigenvalue weighted by Crippen LogP contribution is 2.38. The first-order valence-electron chi connectivity index (χ1n) is 15.7. The third kappa shape index (κ3) is 6.07. The van der Waals surface area contributed by atoms with Gasteiger partial charge in [-0.25, -0.2) is 9.79 Å². The first kappa shape index (κ1) is 32.2. The van der Waals surface area contributed by atoms with Gasteiger partial charge >= 0.3 is 5.97 Å². The van der Waals surface area contributed by atoms with Crippen LogP contribution in [0.15, 0.2) is 119 Å². The maximum Gasteiger partial charge on any atom is 0.338 e. The van der Waals surface area contributed by atoms with Crippen molar-refractivity contribution in [1.29, 1.82) is 0 Å². The molecule has 246 valence electrons. The number of carbonyl (C=O) groups excluding carboxylic acids is 1. The molecule has 0 spiro atoms. The number of carbonyl (C=O) groups is 1. The second kappa shape index (κ2) is 13.6. The average molecular weight is 690 g/mol. The summed E-state index contributed by atoms with van der Waals surface area (Å²) in [4.78, 5) is 33.8. The minimum absolute atomic E-state index is 0.159. The Balaban J connectivity index is 1.46. The number of fused-ring (bicyclic) bond motifs is 2. The van der Waals surface area contributed by atoms with Gasteiger partial charge in [-0.2, -0.15) is 0 Å². The number of methoxy groups -OCH3 is 2. The van der Waals surface area contributed by atoms with Crippen molar-refractivity contribution >= 4 is 51.6 Å². The molecule has 7 rings (SSSR count). The molecule has 0 aliphatic carbocycles. The Bertz CT molecular complexity index is 2430. The van der Waals surface area contributed by atoms with Gasteiger partial charge in [-0.15, -0.1) is 0 Å². The third-order valence-corrected chi connectivity index (χ3v) is 9.66. The summed E-state index contributed by atoms with van der Waals surface area (Å²) < 4.78 is 21.0.